The molecule has 0 aromatic carbocycles. The smallest absolute Gasteiger partial charge is 0.0741 e. The molecule has 82 valence electrons. The highest BCUT2D eigenvalue weighted by atomic mass is 33.5. The van der Waals surface area contributed by atoms with Crippen LogP contribution in [0.25, 0.3) is 0 Å². The average molecular weight is 259 g/mol. The molecular formula is C9H13N3S3. The molecule has 0 fully saturated rings. The topological polar surface area (TPSA) is 41.6 Å². The van der Waals surface area contributed by atoms with E-state index in [4.69, 9.17) is 5.26 Å². The quantitative estimate of drug-likeness (QED) is 0.500. The van der Waals surface area contributed by atoms with Crippen LogP contribution in [0.2, 0.25) is 0 Å². The number of hydrogen-bond acceptors (Lipinski definition) is 5. The molecule has 0 bridgehead atoms. The SMILES string of the molecule is Cc1nn(CCCC#N)c(C)c1SSS. The van der Waals surface area contributed by atoms with Gasteiger partial charge in [0.25, 0.3) is 0 Å². The second-order valence-electron chi connectivity index (χ2n) is 3.14. The molecule has 1 heterocycles. The van der Waals surface area contributed by atoms with Gasteiger partial charge < -0.3 is 0 Å². The van der Waals surface area contributed by atoms with E-state index in [2.05, 4.69) is 29.8 Å². The van der Waals surface area contributed by atoms with E-state index in [-0.39, 0.29) is 0 Å². The minimum absolute atomic E-state index is 0.585. The summed E-state index contributed by atoms with van der Waals surface area (Å²) in [5.41, 5.74) is 2.20. The Morgan fingerprint density at radius 3 is 2.87 bits per heavy atom. The zero-order valence-corrected chi connectivity index (χ0v) is 11.3. The van der Waals surface area contributed by atoms with Crippen molar-refractivity contribution >= 4 is 32.3 Å². The minimum Gasteiger partial charge on any atom is -0.268 e. The van der Waals surface area contributed by atoms with E-state index < -0.39 is 0 Å². The predicted octanol–water partition coefficient (Wildman–Crippen LogP) is 3.39. The molecular weight excluding hydrogens is 246 g/mol. The largest absolute Gasteiger partial charge is 0.268 e. The average Bonchev–Trinajstić information content (AvgIpc) is 2.47. The Labute approximate surface area is 103 Å². The predicted molar refractivity (Wildman–Crippen MR) is 69.0 cm³/mol. The molecule has 0 unspecified atom stereocenters. The van der Waals surface area contributed by atoms with Crippen molar-refractivity contribution in [2.45, 2.75) is 38.1 Å². The lowest BCUT2D eigenvalue weighted by molar-refractivity contribution is 0.567. The first-order valence-electron chi connectivity index (χ1n) is 4.59. The summed E-state index contributed by atoms with van der Waals surface area (Å²) in [5, 5.41) is 12.9. The van der Waals surface area contributed by atoms with Gasteiger partial charge in [0, 0.05) is 13.0 Å². The Balaban J connectivity index is 2.73. The van der Waals surface area contributed by atoms with Crippen LogP contribution < -0.4 is 0 Å². The van der Waals surface area contributed by atoms with E-state index in [1.54, 1.807) is 10.8 Å². The molecule has 0 aliphatic rings. The summed E-state index contributed by atoms with van der Waals surface area (Å²) in [7, 11) is 3.05. The summed E-state index contributed by atoms with van der Waals surface area (Å²) in [6, 6.07) is 2.14. The number of hydrogen-bond donors (Lipinski definition) is 1. The van der Waals surface area contributed by atoms with Crippen LogP contribution in [0.4, 0.5) is 0 Å². The lowest BCUT2D eigenvalue weighted by Gasteiger charge is -2.02. The van der Waals surface area contributed by atoms with Gasteiger partial charge in [-0.25, -0.2) is 0 Å². The monoisotopic (exact) mass is 259 g/mol. The van der Waals surface area contributed by atoms with Gasteiger partial charge >= 0.3 is 0 Å². The highest BCUT2D eigenvalue weighted by molar-refractivity contribution is 9.05. The maximum atomic E-state index is 8.46. The van der Waals surface area contributed by atoms with E-state index >= 15 is 0 Å². The van der Waals surface area contributed by atoms with Crippen LogP contribution in [-0.4, -0.2) is 9.78 Å². The zero-order chi connectivity index (χ0) is 11.3. The van der Waals surface area contributed by atoms with E-state index in [1.165, 1.54) is 14.7 Å². The molecule has 0 aliphatic heterocycles. The highest BCUT2D eigenvalue weighted by Gasteiger charge is 2.11. The van der Waals surface area contributed by atoms with Gasteiger partial charge in [0.1, 0.15) is 0 Å². The summed E-state index contributed by atoms with van der Waals surface area (Å²) in [4.78, 5) is 1.19. The van der Waals surface area contributed by atoms with Crippen molar-refractivity contribution in [1.29, 1.82) is 5.26 Å². The lowest BCUT2D eigenvalue weighted by atomic mass is 10.3. The molecule has 0 spiro atoms. The number of nitriles is 1. The van der Waals surface area contributed by atoms with Crippen molar-refractivity contribution in [1.82, 2.24) is 9.78 Å². The Morgan fingerprint density at radius 2 is 2.27 bits per heavy atom. The summed E-state index contributed by atoms with van der Waals surface area (Å²) in [6.07, 6.45) is 1.44. The third kappa shape index (κ3) is 3.37. The van der Waals surface area contributed by atoms with Crippen molar-refractivity contribution in [3.63, 3.8) is 0 Å². The van der Waals surface area contributed by atoms with Crippen LogP contribution in [0.3, 0.4) is 0 Å². The maximum Gasteiger partial charge on any atom is 0.0741 e. The van der Waals surface area contributed by atoms with Crippen LogP contribution in [0, 0.1) is 25.2 Å². The van der Waals surface area contributed by atoms with Crippen LogP contribution in [0.5, 0.6) is 0 Å². The first-order valence-corrected chi connectivity index (χ1v) is 7.80. The Morgan fingerprint density at radius 1 is 1.53 bits per heavy atom. The van der Waals surface area contributed by atoms with Crippen LogP contribution in [0.15, 0.2) is 4.90 Å². The maximum absolute atomic E-state index is 8.46. The molecule has 6 heteroatoms. The first kappa shape index (κ1) is 12.8. The van der Waals surface area contributed by atoms with E-state index in [9.17, 15) is 0 Å². The zero-order valence-electron chi connectivity index (χ0n) is 8.73. The summed E-state index contributed by atoms with van der Waals surface area (Å²) in [6.45, 7) is 4.87. The molecule has 0 amide bonds. The van der Waals surface area contributed by atoms with Crippen LogP contribution >= 0.6 is 32.3 Å². The molecule has 0 radical (unpaired) electrons. The molecule has 0 saturated carbocycles. The molecule has 1 rings (SSSR count). The van der Waals surface area contributed by atoms with Gasteiger partial charge in [-0.15, -0.1) is 0 Å². The molecule has 0 N–H and O–H groups in total. The molecule has 1 aromatic rings. The van der Waals surface area contributed by atoms with Gasteiger partial charge in [0.05, 0.1) is 22.4 Å². The standard InChI is InChI=1S/C9H13N3S3/c1-7-9(14-15-13)8(2)12(11-7)6-4-3-5-10/h13H,3-4,6H2,1-2H3. The molecule has 15 heavy (non-hydrogen) atoms. The van der Waals surface area contributed by atoms with Crippen molar-refractivity contribution < 1.29 is 0 Å². The van der Waals surface area contributed by atoms with Gasteiger partial charge in [-0.2, -0.15) is 10.4 Å². The van der Waals surface area contributed by atoms with Crippen LogP contribution in [0.1, 0.15) is 24.2 Å². The number of rotatable bonds is 5. The van der Waals surface area contributed by atoms with Gasteiger partial charge in [-0.1, -0.05) is 11.7 Å². The molecule has 0 atom stereocenters. The number of thiol groups is 1. The fraction of sp³-hybridized carbons (Fsp3) is 0.556. The van der Waals surface area contributed by atoms with E-state index in [1.807, 2.05) is 11.6 Å². The Kier molecular flexibility index (Phi) is 5.43. The van der Waals surface area contributed by atoms with Crippen molar-refractivity contribution in [3.05, 3.63) is 11.4 Å². The lowest BCUT2D eigenvalue weighted by Crippen LogP contribution is -2.02. The number of aryl methyl sites for hydroxylation is 2. The summed E-state index contributed by atoms with van der Waals surface area (Å²) < 4.78 is 1.97. The fourth-order valence-electron chi connectivity index (χ4n) is 1.36. The van der Waals surface area contributed by atoms with Gasteiger partial charge in [0.2, 0.25) is 0 Å². The minimum atomic E-state index is 0.585. The Bertz CT molecular complexity index is 367. The highest BCUT2D eigenvalue weighted by Crippen LogP contribution is 2.37. The first-order chi connectivity index (χ1) is 7.20. The molecule has 0 saturated heterocycles. The van der Waals surface area contributed by atoms with E-state index in [0.29, 0.717) is 6.42 Å². The second kappa shape index (κ2) is 6.36. The van der Waals surface area contributed by atoms with Gasteiger partial charge in [-0.05, 0) is 40.9 Å². The number of unbranched alkanes of at least 4 members (excludes halogenated alkanes) is 1. The van der Waals surface area contributed by atoms with Crippen molar-refractivity contribution in [3.8, 4) is 6.07 Å². The molecule has 1 aromatic heterocycles. The number of aromatic nitrogens is 2. The number of nitrogens with zero attached hydrogens (tertiary/aromatic N) is 3. The fourth-order valence-corrected chi connectivity index (χ4v) is 3.44. The Hall–Kier alpha value is -0.250. The summed E-state index contributed by atoms with van der Waals surface area (Å²) >= 11 is 4.12. The van der Waals surface area contributed by atoms with Gasteiger partial charge in [-0.3, -0.25) is 4.68 Å². The van der Waals surface area contributed by atoms with Crippen molar-refractivity contribution in [2.75, 3.05) is 0 Å². The third-order valence-electron chi connectivity index (χ3n) is 2.09. The molecule has 0 aliphatic carbocycles. The van der Waals surface area contributed by atoms with Crippen molar-refractivity contribution in [2.24, 2.45) is 0 Å². The molecule has 3 nitrogen and oxygen atoms in total. The normalized spacial score (nSPS) is 10.3. The second-order valence-corrected chi connectivity index (χ2v) is 6.16. The van der Waals surface area contributed by atoms with Gasteiger partial charge in [0.15, 0.2) is 0 Å². The van der Waals surface area contributed by atoms with Crippen LogP contribution in [-0.2, 0) is 6.54 Å². The summed E-state index contributed by atoms with van der Waals surface area (Å²) in [5.74, 6) is 0. The third-order valence-corrected chi connectivity index (χ3v) is 4.32. The van der Waals surface area contributed by atoms with E-state index in [0.717, 1.165) is 24.4 Å².